The van der Waals surface area contributed by atoms with Crippen LogP contribution in [0.5, 0.6) is 0 Å². The molecule has 2 aliphatic rings. The van der Waals surface area contributed by atoms with Crippen LogP contribution in [0.3, 0.4) is 0 Å². The molecule has 0 unspecified atom stereocenters. The summed E-state index contributed by atoms with van der Waals surface area (Å²) < 4.78 is 0. The minimum absolute atomic E-state index is 0.431. The Morgan fingerprint density at radius 3 is 1.11 bits per heavy atom. The first-order valence-electron chi connectivity index (χ1n) is 7.63. The van der Waals surface area contributed by atoms with Gasteiger partial charge in [-0.15, -0.1) is 0 Å². The average molecular weight is 260 g/mol. The summed E-state index contributed by atoms with van der Waals surface area (Å²) in [7, 11) is 0. The van der Waals surface area contributed by atoms with E-state index in [1.54, 1.807) is 11.1 Å². The highest BCUT2D eigenvalue weighted by molar-refractivity contribution is 5.80. The molecule has 1 heteroatoms. The number of allylic oxidation sites excluding steroid dienone is 6. The molecule has 0 aromatic carbocycles. The van der Waals surface area contributed by atoms with Gasteiger partial charge in [-0.2, -0.15) is 0 Å². The Hall–Kier alpha value is -1.11. The second-order valence-corrected chi connectivity index (χ2v) is 5.38. The first-order chi connectivity index (χ1) is 9.19. The highest BCUT2D eigenvalue weighted by Gasteiger charge is 2.10. The first-order valence-corrected chi connectivity index (χ1v) is 7.63. The predicted molar refractivity (Wildman–Crippen MR) is 83.2 cm³/mol. The van der Waals surface area contributed by atoms with Gasteiger partial charge in [0.1, 0.15) is 5.78 Å². The lowest BCUT2D eigenvalue weighted by molar-refractivity contribution is -0.119. The van der Waals surface area contributed by atoms with Gasteiger partial charge in [0.15, 0.2) is 0 Å². The van der Waals surface area contributed by atoms with Gasteiger partial charge in [0, 0.05) is 12.8 Å². The maximum Gasteiger partial charge on any atom is 0.133 e. The number of ketones is 1. The van der Waals surface area contributed by atoms with Crippen LogP contribution in [0.2, 0.25) is 0 Å². The van der Waals surface area contributed by atoms with Crippen LogP contribution in [0, 0.1) is 0 Å². The Bertz CT molecular complexity index is 338. The molecule has 0 saturated heterocycles. The molecule has 2 aliphatic carbocycles. The molecule has 0 aromatic rings. The second kappa shape index (κ2) is 8.90. The Labute approximate surface area is 118 Å². The van der Waals surface area contributed by atoms with Crippen molar-refractivity contribution in [3.8, 4) is 0 Å². The van der Waals surface area contributed by atoms with Crippen LogP contribution in [0.15, 0.2) is 34.9 Å². The van der Waals surface area contributed by atoms with Crippen molar-refractivity contribution >= 4 is 5.78 Å². The topological polar surface area (TPSA) is 17.1 Å². The fraction of sp³-hybridized carbons (Fsp3) is 0.611. The van der Waals surface area contributed by atoms with E-state index >= 15 is 0 Å². The summed E-state index contributed by atoms with van der Waals surface area (Å²) in [6, 6.07) is 0. The SMILES string of the molecule is CC=C1CCC(=CC)CC1.CC=C1CCC(=O)CC1. The van der Waals surface area contributed by atoms with E-state index in [0.717, 1.165) is 25.7 Å². The van der Waals surface area contributed by atoms with Gasteiger partial charge in [0.25, 0.3) is 0 Å². The average Bonchev–Trinajstić information content (AvgIpc) is 2.49. The fourth-order valence-electron chi connectivity index (χ4n) is 2.61. The molecule has 0 bridgehead atoms. The van der Waals surface area contributed by atoms with Crippen LogP contribution in [0.1, 0.15) is 72.1 Å². The molecule has 0 N–H and O–H groups in total. The lowest BCUT2D eigenvalue weighted by atomic mass is 9.90. The zero-order valence-electron chi connectivity index (χ0n) is 12.8. The van der Waals surface area contributed by atoms with E-state index in [-0.39, 0.29) is 0 Å². The van der Waals surface area contributed by atoms with E-state index < -0.39 is 0 Å². The summed E-state index contributed by atoms with van der Waals surface area (Å²) in [4.78, 5) is 10.7. The Morgan fingerprint density at radius 2 is 0.842 bits per heavy atom. The van der Waals surface area contributed by atoms with Crippen molar-refractivity contribution in [2.45, 2.75) is 72.1 Å². The number of carbonyl (C=O) groups excluding carboxylic acids is 1. The molecule has 2 rings (SSSR count). The van der Waals surface area contributed by atoms with Crippen molar-refractivity contribution in [3.05, 3.63) is 34.9 Å². The summed E-state index contributed by atoms with van der Waals surface area (Å²) in [5.41, 5.74) is 4.74. The molecule has 2 fully saturated rings. The molecule has 0 amide bonds. The first kappa shape index (κ1) is 15.9. The summed E-state index contributed by atoms with van der Waals surface area (Å²) in [5, 5.41) is 0. The summed E-state index contributed by atoms with van der Waals surface area (Å²) in [6.45, 7) is 6.34. The van der Waals surface area contributed by atoms with Gasteiger partial charge >= 0.3 is 0 Å². The molecule has 0 radical (unpaired) electrons. The van der Waals surface area contributed by atoms with Crippen LogP contribution in [-0.4, -0.2) is 5.78 Å². The highest BCUT2D eigenvalue weighted by atomic mass is 16.1. The molecule has 0 aromatic heterocycles. The second-order valence-electron chi connectivity index (χ2n) is 5.38. The van der Waals surface area contributed by atoms with Crippen LogP contribution < -0.4 is 0 Å². The zero-order chi connectivity index (χ0) is 14.1. The van der Waals surface area contributed by atoms with E-state index in [0.29, 0.717) is 5.78 Å². The van der Waals surface area contributed by atoms with E-state index in [1.165, 1.54) is 31.3 Å². The van der Waals surface area contributed by atoms with Gasteiger partial charge in [0.05, 0.1) is 0 Å². The van der Waals surface area contributed by atoms with Crippen LogP contribution in [0.25, 0.3) is 0 Å². The maximum atomic E-state index is 10.7. The molecule has 0 spiro atoms. The third-order valence-electron chi connectivity index (χ3n) is 4.21. The quantitative estimate of drug-likeness (QED) is 0.523. The van der Waals surface area contributed by atoms with Crippen LogP contribution in [0.4, 0.5) is 0 Å². The molecular formula is C18H28O. The lowest BCUT2D eigenvalue weighted by Gasteiger charge is -2.16. The maximum absolute atomic E-state index is 10.7. The monoisotopic (exact) mass is 260 g/mol. The lowest BCUT2D eigenvalue weighted by Crippen LogP contribution is -2.05. The summed E-state index contributed by atoms with van der Waals surface area (Å²) in [5.74, 6) is 0.431. The van der Waals surface area contributed by atoms with Gasteiger partial charge in [0.2, 0.25) is 0 Å². The van der Waals surface area contributed by atoms with Gasteiger partial charge in [-0.3, -0.25) is 4.79 Å². The Morgan fingerprint density at radius 1 is 0.579 bits per heavy atom. The fourth-order valence-corrected chi connectivity index (χ4v) is 2.61. The van der Waals surface area contributed by atoms with Crippen molar-refractivity contribution in [3.63, 3.8) is 0 Å². The predicted octanol–water partition coefficient (Wildman–Crippen LogP) is 5.53. The van der Waals surface area contributed by atoms with E-state index in [1.807, 2.05) is 6.92 Å². The van der Waals surface area contributed by atoms with Gasteiger partial charge < -0.3 is 0 Å². The normalized spacial score (nSPS) is 19.5. The molecule has 2 saturated carbocycles. The van der Waals surface area contributed by atoms with Gasteiger partial charge in [-0.1, -0.05) is 34.9 Å². The largest absolute Gasteiger partial charge is 0.300 e. The number of hydrogen-bond donors (Lipinski definition) is 0. The third kappa shape index (κ3) is 6.04. The van der Waals surface area contributed by atoms with E-state index in [9.17, 15) is 4.79 Å². The van der Waals surface area contributed by atoms with Crippen LogP contribution >= 0.6 is 0 Å². The van der Waals surface area contributed by atoms with Crippen molar-refractivity contribution in [1.29, 1.82) is 0 Å². The minimum atomic E-state index is 0.431. The van der Waals surface area contributed by atoms with Gasteiger partial charge in [-0.05, 0) is 59.3 Å². The van der Waals surface area contributed by atoms with Crippen molar-refractivity contribution in [2.24, 2.45) is 0 Å². The third-order valence-corrected chi connectivity index (χ3v) is 4.21. The molecule has 0 atom stereocenters. The smallest absolute Gasteiger partial charge is 0.133 e. The highest BCUT2D eigenvalue weighted by Crippen LogP contribution is 2.26. The van der Waals surface area contributed by atoms with Crippen molar-refractivity contribution < 1.29 is 4.79 Å². The van der Waals surface area contributed by atoms with Crippen molar-refractivity contribution in [1.82, 2.24) is 0 Å². The molecule has 0 aliphatic heterocycles. The standard InChI is InChI=1S/C10H16.C8H12O/c1-3-9-5-7-10(4-2)8-6-9;1-2-7-3-5-8(9)6-4-7/h3-4H,5-8H2,1-2H3;2H,3-6H2,1H3. The molecule has 19 heavy (non-hydrogen) atoms. The molecule has 1 nitrogen and oxygen atoms in total. The number of hydrogen-bond acceptors (Lipinski definition) is 1. The van der Waals surface area contributed by atoms with Gasteiger partial charge in [-0.25, -0.2) is 0 Å². The molecule has 106 valence electrons. The summed E-state index contributed by atoms with van der Waals surface area (Å²) >= 11 is 0. The van der Waals surface area contributed by atoms with Crippen molar-refractivity contribution in [2.75, 3.05) is 0 Å². The zero-order valence-corrected chi connectivity index (χ0v) is 12.8. The van der Waals surface area contributed by atoms with E-state index in [4.69, 9.17) is 0 Å². The number of carbonyl (C=O) groups is 1. The number of Topliss-reactive ketones (excluding diaryl/α,β-unsaturated/α-hetero) is 1. The van der Waals surface area contributed by atoms with E-state index in [2.05, 4.69) is 32.1 Å². The minimum Gasteiger partial charge on any atom is -0.300 e. The van der Waals surface area contributed by atoms with Crippen LogP contribution in [-0.2, 0) is 4.79 Å². The molecule has 0 heterocycles. The summed E-state index contributed by atoms with van der Waals surface area (Å²) in [6.07, 6.45) is 15.5. The Kier molecular flexibility index (Phi) is 7.47. The number of rotatable bonds is 0. The Balaban J connectivity index is 0.000000191. The molecular weight excluding hydrogens is 232 g/mol.